The molecule has 1 aromatic rings. The van der Waals surface area contributed by atoms with Crippen molar-refractivity contribution in [2.24, 2.45) is 5.92 Å². The molecule has 21 heavy (non-hydrogen) atoms. The van der Waals surface area contributed by atoms with Gasteiger partial charge in [0.25, 0.3) is 6.43 Å². The second-order valence-corrected chi connectivity index (χ2v) is 5.83. The van der Waals surface area contributed by atoms with Crippen molar-refractivity contribution in [2.75, 3.05) is 31.1 Å². The topological polar surface area (TPSA) is 23.6 Å². The predicted molar refractivity (Wildman–Crippen MR) is 77.7 cm³/mol. The number of anilines is 1. The van der Waals surface area contributed by atoms with Crippen molar-refractivity contribution in [3.05, 3.63) is 29.8 Å². The molecule has 1 fully saturated rings. The van der Waals surface area contributed by atoms with Crippen LogP contribution in [-0.4, -0.2) is 43.4 Å². The predicted octanol–water partition coefficient (Wildman–Crippen LogP) is 2.55. The SMILES string of the molecule is O=C(C1CCN(CC(F)F)CC1)N1CCc2ccccc21. The van der Waals surface area contributed by atoms with Gasteiger partial charge in [0.1, 0.15) is 0 Å². The van der Waals surface area contributed by atoms with Gasteiger partial charge in [0.2, 0.25) is 5.91 Å². The van der Waals surface area contributed by atoms with Crippen LogP contribution in [0.15, 0.2) is 24.3 Å². The monoisotopic (exact) mass is 294 g/mol. The lowest BCUT2D eigenvalue weighted by molar-refractivity contribution is -0.123. The first-order valence-electron chi connectivity index (χ1n) is 7.55. The largest absolute Gasteiger partial charge is 0.312 e. The summed E-state index contributed by atoms with van der Waals surface area (Å²) in [5, 5.41) is 0. The number of fused-ring (bicyclic) bond motifs is 1. The Labute approximate surface area is 123 Å². The van der Waals surface area contributed by atoms with Crippen LogP contribution in [0.1, 0.15) is 18.4 Å². The van der Waals surface area contributed by atoms with Crippen LogP contribution >= 0.6 is 0 Å². The van der Waals surface area contributed by atoms with E-state index < -0.39 is 6.43 Å². The van der Waals surface area contributed by atoms with Crippen molar-refractivity contribution < 1.29 is 13.6 Å². The molecule has 0 saturated carbocycles. The van der Waals surface area contributed by atoms with E-state index in [0.29, 0.717) is 25.9 Å². The van der Waals surface area contributed by atoms with Crippen LogP contribution < -0.4 is 4.90 Å². The molecule has 0 N–H and O–H groups in total. The van der Waals surface area contributed by atoms with Gasteiger partial charge in [-0.2, -0.15) is 0 Å². The molecule has 5 heteroatoms. The number of piperidine rings is 1. The summed E-state index contributed by atoms with van der Waals surface area (Å²) in [6.07, 6.45) is -0.0108. The zero-order valence-corrected chi connectivity index (χ0v) is 12.0. The molecule has 3 nitrogen and oxygen atoms in total. The second-order valence-electron chi connectivity index (χ2n) is 5.83. The summed E-state index contributed by atoms with van der Waals surface area (Å²) in [4.78, 5) is 16.3. The van der Waals surface area contributed by atoms with Crippen molar-refractivity contribution in [1.82, 2.24) is 4.90 Å². The standard InChI is InChI=1S/C16H20F2N2O/c17-15(18)11-19-8-5-13(6-9-19)16(21)20-10-7-12-3-1-2-4-14(12)20/h1-4,13,15H,5-11H2. The molecule has 0 atom stereocenters. The quantitative estimate of drug-likeness (QED) is 0.855. The van der Waals surface area contributed by atoms with Gasteiger partial charge < -0.3 is 4.90 Å². The number of carbonyl (C=O) groups is 1. The third-order valence-corrected chi connectivity index (χ3v) is 4.49. The molecule has 114 valence electrons. The van der Waals surface area contributed by atoms with Gasteiger partial charge in [-0.15, -0.1) is 0 Å². The van der Waals surface area contributed by atoms with E-state index in [4.69, 9.17) is 0 Å². The van der Waals surface area contributed by atoms with E-state index in [9.17, 15) is 13.6 Å². The van der Waals surface area contributed by atoms with Crippen molar-refractivity contribution in [1.29, 1.82) is 0 Å². The number of hydrogen-bond donors (Lipinski definition) is 0. The van der Waals surface area contributed by atoms with E-state index in [0.717, 1.165) is 18.7 Å². The first-order chi connectivity index (χ1) is 10.1. The van der Waals surface area contributed by atoms with Gasteiger partial charge in [0.05, 0.1) is 6.54 Å². The van der Waals surface area contributed by atoms with Crippen LogP contribution in [0.2, 0.25) is 0 Å². The summed E-state index contributed by atoms with van der Waals surface area (Å²) in [6, 6.07) is 8.01. The Morgan fingerprint density at radius 1 is 1.19 bits per heavy atom. The van der Waals surface area contributed by atoms with E-state index in [2.05, 4.69) is 6.07 Å². The molecular formula is C16H20F2N2O. The molecule has 2 aliphatic rings. The van der Waals surface area contributed by atoms with E-state index in [1.165, 1.54) is 5.56 Å². The molecule has 3 rings (SSSR count). The average molecular weight is 294 g/mol. The smallest absolute Gasteiger partial charge is 0.251 e. The van der Waals surface area contributed by atoms with Crippen molar-refractivity contribution in [2.45, 2.75) is 25.7 Å². The van der Waals surface area contributed by atoms with E-state index in [1.807, 2.05) is 23.1 Å². The highest BCUT2D eigenvalue weighted by Crippen LogP contribution is 2.31. The molecule has 2 aliphatic heterocycles. The second kappa shape index (κ2) is 6.10. The van der Waals surface area contributed by atoms with Gasteiger partial charge in [0, 0.05) is 18.2 Å². The van der Waals surface area contributed by atoms with Crippen LogP contribution in [0.25, 0.3) is 0 Å². The van der Waals surface area contributed by atoms with Crippen molar-refractivity contribution in [3.63, 3.8) is 0 Å². The van der Waals surface area contributed by atoms with Gasteiger partial charge in [-0.3, -0.25) is 9.69 Å². The number of hydrogen-bond acceptors (Lipinski definition) is 2. The molecule has 0 unspecified atom stereocenters. The lowest BCUT2D eigenvalue weighted by Gasteiger charge is -2.33. The highest BCUT2D eigenvalue weighted by atomic mass is 19.3. The molecule has 1 amide bonds. The van der Waals surface area contributed by atoms with Gasteiger partial charge in [-0.1, -0.05) is 18.2 Å². The summed E-state index contributed by atoms with van der Waals surface area (Å²) in [5.41, 5.74) is 2.25. The minimum Gasteiger partial charge on any atom is -0.312 e. The Morgan fingerprint density at radius 3 is 2.62 bits per heavy atom. The number of alkyl halides is 2. The molecular weight excluding hydrogens is 274 g/mol. The molecule has 0 aromatic heterocycles. The number of likely N-dealkylation sites (tertiary alicyclic amines) is 1. The molecule has 2 heterocycles. The maximum absolute atomic E-state index is 12.7. The number of nitrogens with zero attached hydrogens (tertiary/aromatic N) is 2. The molecule has 0 radical (unpaired) electrons. The Balaban J connectivity index is 1.61. The fourth-order valence-corrected chi connectivity index (χ4v) is 3.35. The number of carbonyl (C=O) groups excluding carboxylic acids is 1. The lowest BCUT2D eigenvalue weighted by atomic mass is 9.95. The minimum atomic E-state index is -2.29. The van der Waals surface area contributed by atoms with Gasteiger partial charge in [-0.25, -0.2) is 8.78 Å². The third-order valence-electron chi connectivity index (χ3n) is 4.49. The average Bonchev–Trinajstić information content (AvgIpc) is 2.90. The summed E-state index contributed by atoms with van der Waals surface area (Å²) < 4.78 is 24.7. The summed E-state index contributed by atoms with van der Waals surface area (Å²) >= 11 is 0. The summed E-state index contributed by atoms with van der Waals surface area (Å²) in [5.74, 6) is 0.140. The Hall–Kier alpha value is -1.49. The maximum atomic E-state index is 12.7. The fourth-order valence-electron chi connectivity index (χ4n) is 3.35. The first kappa shape index (κ1) is 14.4. The Morgan fingerprint density at radius 2 is 1.90 bits per heavy atom. The Kier molecular flexibility index (Phi) is 4.19. The highest BCUT2D eigenvalue weighted by Gasteiger charge is 2.32. The van der Waals surface area contributed by atoms with Crippen LogP contribution in [0.5, 0.6) is 0 Å². The summed E-state index contributed by atoms with van der Waals surface area (Å²) in [6.45, 7) is 1.76. The van der Waals surface area contributed by atoms with Crippen LogP contribution in [0, 0.1) is 5.92 Å². The van der Waals surface area contributed by atoms with Crippen LogP contribution in [0.3, 0.4) is 0 Å². The van der Waals surface area contributed by atoms with Gasteiger partial charge in [0.15, 0.2) is 0 Å². The van der Waals surface area contributed by atoms with Crippen molar-refractivity contribution in [3.8, 4) is 0 Å². The van der Waals surface area contributed by atoms with Crippen LogP contribution in [-0.2, 0) is 11.2 Å². The summed E-state index contributed by atoms with van der Waals surface area (Å²) in [7, 11) is 0. The zero-order valence-electron chi connectivity index (χ0n) is 12.0. The zero-order chi connectivity index (χ0) is 14.8. The first-order valence-corrected chi connectivity index (χ1v) is 7.55. The molecule has 0 aliphatic carbocycles. The number of amides is 1. The van der Waals surface area contributed by atoms with E-state index in [-0.39, 0.29) is 18.4 Å². The van der Waals surface area contributed by atoms with Gasteiger partial charge in [-0.05, 0) is 44.0 Å². The van der Waals surface area contributed by atoms with Crippen molar-refractivity contribution >= 4 is 11.6 Å². The normalized spacial score (nSPS) is 20.0. The third kappa shape index (κ3) is 3.07. The number of halogens is 2. The maximum Gasteiger partial charge on any atom is 0.251 e. The molecule has 1 saturated heterocycles. The lowest BCUT2D eigenvalue weighted by Crippen LogP contribution is -2.43. The molecule has 0 spiro atoms. The van der Waals surface area contributed by atoms with E-state index in [1.54, 1.807) is 4.90 Å². The number of benzene rings is 1. The Bertz CT molecular complexity index is 513. The number of para-hydroxylation sites is 1. The van der Waals surface area contributed by atoms with Gasteiger partial charge >= 0.3 is 0 Å². The highest BCUT2D eigenvalue weighted by molar-refractivity contribution is 5.97. The minimum absolute atomic E-state index is 0.0231. The van der Waals surface area contributed by atoms with E-state index >= 15 is 0 Å². The molecule has 0 bridgehead atoms. The van der Waals surface area contributed by atoms with Crippen LogP contribution in [0.4, 0.5) is 14.5 Å². The molecule has 1 aromatic carbocycles. The number of rotatable bonds is 3. The fraction of sp³-hybridized carbons (Fsp3) is 0.562.